The van der Waals surface area contributed by atoms with Crippen LogP contribution in [0.25, 0.3) is 6.08 Å². The minimum absolute atomic E-state index is 0.233. The van der Waals surface area contributed by atoms with E-state index >= 15 is 0 Å². The maximum atomic E-state index is 13.1. The van der Waals surface area contributed by atoms with E-state index in [1.54, 1.807) is 31.4 Å². The highest BCUT2D eigenvalue weighted by Gasteiger charge is 2.33. The Labute approximate surface area is 219 Å². The molecule has 3 aromatic carbocycles. The highest BCUT2D eigenvalue weighted by Crippen LogP contribution is 2.41. The van der Waals surface area contributed by atoms with Gasteiger partial charge in [-0.15, -0.1) is 0 Å². The summed E-state index contributed by atoms with van der Waals surface area (Å²) >= 11 is 22.3. The minimum atomic E-state index is -0.233. The zero-order chi connectivity index (χ0) is 23.5. The Morgan fingerprint density at radius 3 is 2.55 bits per heavy atom. The van der Waals surface area contributed by atoms with Crippen LogP contribution in [0.4, 0.5) is 5.69 Å². The highest BCUT2D eigenvalue weighted by atomic mass is 79.9. The molecule has 1 amide bonds. The van der Waals surface area contributed by atoms with Gasteiger partial charge in [-0.05, 0) is 63.5 Å². The first-order chi connectivity index (χ1) is 15.9. The predicted molar refractivity (Wildman–Crippen MR) is 144 cm³/mol. The summed E-state index contributed by atoms with van der Waals surface area (Å²) in [5.41, 5.74) is 2.38. The van der Waals surface area contributed by atoms with Gasteiger partial charge in [-0.1, -0.05) is 77.5 Å². The number of ether oxygens (including phenoxy) is 2. The Morgan fingerprint density at radius 2 is 1.85 bits per heavy atom. The number of anilines is 1. The standard InChI is InChI=1S/C24H16BrCl2NO3S2/c1-30-20-10-15(9-17(25)22(20)31-13-14-5-3-2-4-6-14)11-21-23(29)28(24(32)33-21)16-7-8-18(26)19(27)12-16/h2-12H,13H2,1H3/b21-11-. The lowest BCUT2D eigenvalue weighted by atomic mass is 10.1. The second-order valence-electron chi connectivity index (χ2n) is 6.92. The van der Waals surface area contributed by atoms with E-state index in [1.165, 1.54) is 16.7 Å². The van der Waals surface area contributed by atoms with Gasteiger partial charge >= 0.3 is 0 Å². The van der Waals surface area contributed by atoms with Crippen LogP contribution in [0, 0.1) is 0 Å². The number of nitrogens with zero attached hydrogens (tertiary/aromatic N) is 1. The first-order valence-electron chi connectivity index (χ1n) is 9.64. The third-order valence-corrected chi connectivity index (χ3v) is 7.36. The molecule has 33 heavy (non-hydrogen) atoms. The molecule has 1 aliphatic heterocycles. The monoisotopic (exact) mass is 579 g/mol. The predicted octanol–water partition coefficient (Wildman–Crippen LogP) is 7.75. The lowest BCUT2D eigenvalue weighted by molar-refractivity contribution is -0.113. The number of hydrogen-bond donors (Lipinski definition) is 0. The molecule has 0 aliphatic carbocycles. The van der Waals surface area contributed by atoms with Crippen LogP contribution in [0.1, 0.15) is 11.1 Å². The van der Waals surface area contributed by atoms with Gasteiger partial charge in [-0.3, -0.25) is 9.69 Å². The van der Waals surface area contributed by atoms with Crippen LogP contribution in [0.3, 0.4) is 0 Å². The molecule has 168 valence electrons. The van der Waals surface area contributed by atoms with Crippen LogP contribution in [0.5, 0.6) is 11.5 Å². The largest absolute Gasteiger partial charge is 0.493 e. The molecule has 1 aliphatic rings. The quantitative estimate of drug-likeness (QED) is 0.220. The van der Waals surface area contributed by atoms with E-state index in [2.05, 4.69) is 15.9 Å². The average molecular weight is 581 g/mol. The molecule has 0 saturated carbocycles. The van der Waals surface area contributed by atoms with Crippen LogP contribution >= 0.6 is 63.1 Å². The number of rotatable bonds is 6. The Balaban J connectivity index is 1.59. The number of thiocarbonyl (C=S) groups is 1. The van der Waals surface area contributed by atoms with Gasteiger partial charge in [0.25, 0.3) is 5.91 Å². The maximum Gasteiger partial charge on any atom is 0.270 e. The summed E-state index contributed by atoms with van der Waals surface area (Å²) in [4.78, 5) is 15.0. The molecule has 3 aromatic rings. The zero-order valence-electron chi connectivity index (χ0n) is 17.2. The SMILES string of the molecule is COc1cc(/C=C2\SC(=S)N(c3ccc(Cl)c(Cl)c3)C2=O)cc(Br)c1OCc1ccccc1. The number of thioether (sulfide) groups is 1. The van der Waals surface area contributed by atoms with E-state index in [-0.39, 0.29) is 5.91 Å². The number of hydrogen-bond acceptors (Lipinski definition) is 5. The van der Waals surface area contributed by atoms with E-state index in [4.69, 9.17) is 44.9 Å². The van der Waals surface area contributed by atoms with Crippen molar-refractivity contribution < 1.29 is 14.3 Å². The van der Waals surface area contributed by atoms with E-state index in [1.807, 2.05) is 42.5 Å². The first kappa shape index (κ1) is 24.1. The first-order valence-corrected chi connectivity index (χ1v) is 12.4. The number of halogens is 3. The lowest BCUT2D eigenvalue weighted by Crippen LogP contribution is -2.27. The van der Waals surface area contributed by atoms with Crippen LogP contribution in [-0.4, -0.2) is 17.3 Å². The van der Waals surface area contributed by atoms with Crippen LogP contribution < -0.4 is 14.4 Å². The Morgan fingerprint density at radius 1 is 1.09 bits per heavy atom. The molecule has 1 heterocycles. The molecule has 0 bridgehead atoms. The van der Waals surface area contributed by atoms with E-state index in [0.29, 0.717) is 47.5 Å². The molecule has 1 saturated heterocycles. The fourth-order valence-corrected chi connectivity index (χ4v) is 5.32. The summed E-state index contributed by atoms with van der Waals surface area (Å²) in [5.74, 6) is 0.899. The van der Waals surface area contributed by atoms with Gasteiger partial charge in [0.15, 0.2) is 15.8 Å². The number of benzene rings is 3. The molecule has 1 fully saturated rings. The summed E-state index contributed by atoms with van der Waals surface area (Å²) in [6, 6.07) is 18.5. The van der Waals surface area contributed by atoms with Gasteiger partial charge in [0.2, 0.25) is 0 Å². The fraction of sp³-hybridized carbons (Fsp3) is 0.0833. The number of amides is 1. The number of carbonyl (C=O) groups is 1. The van der Waals surface area contributed by atoms with E-state index < -0.39 is 0 Å². The molecule has 0 unspecified atom stereocenters. The Kier molecular flexibility index (Phi) is 7.66. The summed E-state index contributed by atoms with van der Waals surface area (Å²) in [7, 11) is 1.57. The molecule has 0 N–H and O–H groups in total. The van der Waals surface area contributed by atoms with E-state index in [9.17, 15) is 4.79 Å². The van der Waals surface area contributed by atoms with Crippen LogP contribution in [0.15, 0.2) is 70.0 Å². The van der Waals surface area contributed by atoms with Crippen molar-refractivity contribution in [2.75, 3.05) is 12.0 Å². The third kappa shape index (κ3) is 5.39. The molecule has 0 spiro atoms. The molecular weight excluding hydrogens is 565 g/mol. The molecule has 0 atom stereocenters. The molecule has 9 heteroatoms. The van der Waals surface area contributed by atoms with Crippen molar-refractivity contribution in [1.29, 1.82) is 0 Å². The van der Waals surface area contributed by atoms with Crippen molar-refractivity contribution in [2.24, 2.45) is 0 Å². The van der Waals surface area contributed by atoms with Crippen molar-refractivity contribution in [3.05, 3.63) is 91.2 Å². The minimum Gasteiger partial charge on any atom is -0.493 e. The van der Waals surface area contributed by atoms with E-state index in [0.717, 1.165) is 11.1 Å². The molecule has 4 nitrogen and oxygen atoms in total. The summed E-state index contributed by atoms with van der Waals surface area (Å²) < 4.78 is 12.7. The van der Waals surface area contributed by atoms with Gasteiger partial charge in [-0.25, -0.2) is 0 Å². The van der Waals surface area contributed by atoms with Gasteiger partial charge in [0.1, 0.15) is 6.61 Å². The number of methoxy groups -OCH3 is 1. The molecular formula is C24H16BrCl2NO3S2. The smallest absolute Gasteiger partial charge is 0.270 e. The summed E-state index contributed by atoms with van der Waals surface area (Å²) in [6.07, 6.45) is 1.77. The average Bonchev–Trinajstić information content (AvgIpc) is 3.08. The lowest BCUT2D eigenvalue weighted by Gasteiger charge is -2.15. The second kappa shape index (κ2) is 10.5. The van der Waals surface area contributed by atoms with Crippen molar-refractivity contribution in [3.63, 3.8) is 0 Å². The Hall–Kier alpha value is -2.03. The van der Waals surface area contributed by atoms with Gasteiger partial charge in [0.05, 0.1) is 32.2 Å². The van der Waals surface area contributed by atoms with Crippen molar-refractivity contribution in [2.45, 2.75) is 6.61 Å². The fourth-order valence-electron chi connectivity index (χ4n) is 3.16. The summed E-state index contributed by atoms with van der Waals surface area (Å²) in [6.45, 7) is 0.400. The third-order valence-electron chi connectivity index (χ3n) is 4.73. The highest BCUT2D eigenvalue weighted by molar-refractivity contribution is 9.10. The van der Waals surface area contributed by atoms with Gasteiger partial charge < -0.3 is 9.47 Å². The van der Waals surface area contributed by atoms with Gasteiger partial charge in [-0.2, -0.15) is 0 Å². The number of carbonyl (C=O) groups excluding carboxylic acids is 1. The topological polar surface area (TPSA) is 38.8 Å². The Bertz CT molecular complexity index is 1270. The molecule has 0 aromatic heterocycles. The van der Waals surface area contributed by atoms with Crippen molar-refractivity contribution in [3.8, 4) is 11.5 Å². The summed E-state index contributed by atoms with van der Waals surface area (Å²) in [5, 5.41) is 0.764. The van der Waals surface area contributed by atoms with Crippen LogP contribution in [-0.2, 0) is 11.4 Å². The van der Waals surface area contributed by atoms with Crippen molar-refractivity contribution in [1.82, 2.24) is 0 Å². The van der Waals surface area contributed by atoms with Crippen molar-refractivity contribution >= 4 is 85.1 Å². The zero-order valence-corrected chi connectivity index (χ0v) is 21.9. The molecule has 4 rings (SSSR count). The normalized spacial score (nSPS) is 14.8. The molecule has 0 radical (unpaired) electrons. The maximum absolute atomic E-state index is 13.1. The second-order valence-corrected chi connectivity index (χ2v) is 10.3. The van der Waals surface area contributed by atoms with Crippen LogP contribution in [0.2, 0.25) is 10.0 Å². The van der Waals surface area contributed by atoms with Gasteiger partial charge in [0, 0.05) is 0 Å².